The molecule has 538 valence electrons. The highest BCUT2D eigenvalue weighted by molar-refractivity contribution is 7.82. The number of benzene rings is 7. The van der Waals surface area contributed by atoms with Gasteiger partial charge in [-0.05, 0) is 132 Å². The minimum absolute atomic E-state index is 0.00961. The number of nitrogens with zero attached hydrogens (tertiary/aromatic N) is 5. The molecule has 2 amide bonds. The highest BCUT2D eigenvalue weighted by atomic mass is 32.3. The van der Waals surface area contributed by atoms with E-state index in [-0.39, 0.29) is 67.2 Å². The van der Waals surface area contributed by atoms with Crippen molar-refractivity contribution in [2.24, 2.45) is 9.98 Å². The molecule has 0 spiro atoms. The molecule has 0 radical (unpaired) electrons. The molecule has 0 saturated carbocycles. The molecular formula is C76H84N5O20S+. The van der Waals surface area contributed by atoms with Crippen LogP contribution in [0.2, 0.25) is 0 Å². The normalized spacial score (nSPS) is 19.8. The zero-order valence-corrected chi connectivity index (χ0v) is 58.2. The minimum Gasteiger partial charge on any atom is -0.493 e. The molecule has 1 saturated heterocycles. The average Bonchev–Trinajstić information content (AvgIpc) is 1.55. The Bertz CT molecular complexity index is 4190. The van der Waals surface area contributed by atoms with Crippen molar-refractivity contribution in [3.63, 3.8) is 0 Å². The number of Topliss-reactive ketones (excluding diaryl/α,β-unsaturated/α-hetero) is 1. The predicted molar refractivity (Wildman–Crippen MR) is 374 cm³/mol. The van der Waals surface area contributed by atoms with E-state index in [2.05, 4.69) is 12.1 Å². The summed E-state index contributed by atoms with van der Waals surface area (Å²) in [5, 5.41) is 41.5. The summed E-state index contributed by atoms with van der Waals surface area (Å²) in [6.07, 6.45) is -3.21. The fraction of sp³-hybridized carbons (Fsp3) is 0.382. The molecule has 1 unspecified atom stereocenters. The molecule has 12 rings (SSSR count). The van der Waals surface area contributed by atoms with E-state index in [9.17, 15) is 43.2 Å². The van der Waals surface area contributed by atoms with Crippen LogP contribution in [-0.2, 0) is 81.6 Å². The van der Waals surface area contributed by atoms with E-state index < -0.39 is 59.2 Å². The fourth-order valence-corrected chi connectivity index (χ4v) is 13.9. The van der Waals surface area contributed by atoms with Gasteiger partial charge in [0.1, 0.15) is 56.5 Å². The highest BCUT2D eigenvalue weighted by Gasteiger charge is 2.45. The smallest absolute Gasteiger partial charge is 0.493 e. The molecule has 102 heavy (non-hydrogen) atoms. The van der Waals surface area contributed by atoms with Crippen LogP contribution in [0.1, 0.15) is 95.3 Å². The van der Waals surface area contributed by atoms with Crippen molar-refractivity contribution in [2.45, 2.75) is 115 Å². The van der Waals surface area contributed by atoms with Crippen LogP contribution >= 0.6 is 0 Å². The highest BCUT2D eigenvalue weighted by Crippen LogP contribution is 2.42. The van der Waals surface area contributed by atoms with Gasteiger partial charge < -0.3 is 85.7 Å². The lowest BCUT2D eigenvalue weighted by Crippen LogP contribution is -2.60. The SMILES string of the molecule is CCOCCOCCOCCCC(=O)c1ccc(OC2O[C@H](CO)[C@H](O)[C@H](O)[C@H]2O)c(OS(=O)(=O)Oc2ccc(C[N+](C)(C)Cc3cc(COc4cc5c(cc4OC)C(=O)N4Cc6ccccc6C[C@H]4C=N5)cc(COc4cc5c(cc4OC)C(=O)N4Cc6ccccc6C[C@H]4C=N5)c3)cc2)c1. The Kier molecular flexibility index (Phi) is 23.0. The van der Waals surface area contributed by atoms with Gasteiger partial charge in [-0.2, -0.15) is 0 Å². The van der Waals surface area contributed by atoms with Gasteiger partial charge >= 0.3 is 10.4 Å². The van der Waals surface area contributed by atoms with E-state index >= 15 is 0 Å². The summed E-state index contributed by atoms with van der Waals surface area (Å²) in [5.41, 5.74) is 9.57. The maximum Gasteiger partial charge on any atom is 0.501 e. The molecule has 0 aromatic heterocycles. The van der Waals surface area contributed by atoms with Gasteiger partial charge in [-0.3, -0.25) is 24.4 Å². The van der Waals surface area contributed by atoms with Gasteiger partial charge in [0.05, 0.1) is 95.9 Å². The van der Waals surface area contributed by atoms with Crippen LogP contribution < -0.4 is 32.1 Å². The summed E-state index contributed by atoms with van der Waals surface area (Å²) >= 11 is 0. The van der Waals surface area contributed by atoms with Gasteiger partial charge in [-0.1, -0.05) is 48.5 Å². The van der Waals surface area contributed by atoms with E-state index in [1.807, 2.05) is 97.8 Å². The maximum atomic E-state index is 14.3. The third-order valence-electron chi connectivity index (χ3n) is 18.3. The summed E-state index contributed by atoms with van der Waals surface area (Å²) in [7, 11) is 2.13. The first kappa shape index (κ1) is 72.5. The average molecular weight is 1420 g/mol. The van der Waals surface area contributed by atoms with Gasteiger partial charge in [-0.25, -0.2) is 0 Å². The van der Waals surface area contributed by atoms with Gasteiger partial charge in [0, 0.05) is 74.0 Å². The summed E-state index contributed by atoms with van der Waals surface area (Å²) in [5.74, 6) is -0.239. The number of aliphatic hydroxyl groups is 4. The van der Waals surface area contributed by atoms with Crippen molar-refractivity contribution in [3.05, 3.63) is 195 Å². The van der Waals surface area contributed by atoms with Gasteiger partial charge in [0.2, 0.25) is 6.29 Å². The topological polar surface area (TPSA) is 299 Å². The summed E-state index contributed by atoms with van der Waals surface area (Å²) < 4.78 is 91.7. The zero-order chi connectivity index (χ0) is 71.7. The molecule has 7 aromatic carbocycles. The largest absolute Gasteiger partial charge is 0.501 e. The van der Waals surface area contributed by atoms with Crippen molar-refractivity contribution in [1.29, 1.82) is 0 Å². The number of hydrogen-bond donors (Lipinski definition) is 4. The molecule has 0 bridgehead atoms. The van der Waals surface area contributed by atoms with Crippen LogP contribution in [-0.4, -0.2) is 191 Å². The molecule has 25 nitrogen and oxygen atoms in total. The number of amides is 2. The number of fused-ring (bicyclic) bond motifs is 6. The molecule has 7 aromatic rings. The molecular weight excluding hydrogens is 1330 g/mol. The second kappa shape index (κ2) is 32.3. The molecule has 4 N–H and O–H groups in total. The van der Waals surface area contributed by atoms with Crippen LogP contribution in [0.3, 0.4) is 0 Å². The van der Waals surface area contributed by atoms with E-state index in [0.29, 0.717) is 128 Å². The summed E-state index contributed by atoms with van der Waals surface area (Å²) in [4.78, 5) is 55.4. The first-order valence-electron chi connectivity index (χ1n) is 33.8. The monoisotopic (exact) mass is 1420 g/mol. The molecule has 1 fully saturated rings. The third-order valence-corrected chi connectivity index (χ3v) is 19.1. The first-order valence-corrected chi connectivity index (χ1v) is 35.2. The number of quaternary nitrogens is 1. The van der Waals surface area contributed by atoms with Gasteiger partial charge in [0.25, 0.3) is 11.8 Å². The van der Waals surface area contributed by atoms with Crippen molar-refractivity contribution in [2.75, 3.05) is 74.6 Å². The first-order chi connectivity index (χ1) is 49.3. The molecule has 5 aliphatic heterocycles. The number of hydrogen-bond acceptors (Lipinski definition) is 22. The molecule has 0 aliphatic carbocycles. The van der Waals surface area contributed by atoms with Crippen LogP contribution in [0.4, 0.5) is 11.4 Å². The Morgan fingerprint density at radius 3 is 1.66 bits per heavy atom. The zero-order valence-electron chi connectivity index (χ0n) is 57.4. The van der Waals surface area contributed by atoms with E-state index in [1.165, 1.54) is 49.6 Å². The summed E-state index contributed by atoms with van der Waals surface area (Å²) in [6.45, 7) is 5.45. The van der Waals surface area contributed by atoms with Crippen LogP contribution in [0.25, 0.3) is 0 Å². The molecule has 7 atom stereocenters. The molecule has 5 aliphatic rings. The van der Waals surface area contributed by atoms with Crippen LogP contribution in [0.15, 0.2) is 143 Å². The standard InChI is InChI=1S/C76H84N5O20S/c1-6-93-24-25-95-27-26-94-23-11-16-63(83)53-19-22-64(98-76-73(86)72(85)71(84)70(44-82)99-76)69(33-53)101-102(89,90)100-58-20-17-47(18-21-58)42-81(2,3)43-48-28-49(45-96-67-36-61-59(34-65(67)91-4)74(87)79-40-54-14-9-7-12-51(54)31-56(79)38-77-61)30-50(29-48)46-97-68-37-62-60(35-66(68)92-5)75(88)80-41-55-15-10-8-13-52(55)32-57(80)39-78-62/h7-10,12-15,17-22,28-30,33-39,56-57,70-73,76,82,84-86H,6,11,16,23-27,31-32,40-46H2,1-5H3/q+1/t56-,57-,70+,71-,72-,73+,76?/m0/s1. The van der Waals surface area contributed by atoms with Crippen LogP contribution in [0.5, 0.6) is 40.2 Å². The third kappa shape index (κ3) is 17.2. The number of carbonyl (C=O) groups excluding carboxylic acids is 3. The lowest BCUT2D eigenvalue weighted by atomic mass is 9.94. The lowest BCUT2D eigenvalue weighted by molar-refractivity contribution is -0.916. The van der Waals surface area contributed by atoms with Crippen molar-refractivity contribution in [3.8, 4) is 40.2 Å². The number of carbonyl (C=O) groups is 3. The van der Waals surface area contributed by atoms with Gasteiger partial charge in [-0.15, -0.1) is 8.42 Å². The number of ether oxygens (including phenoxy) is 9. The second-order valence-corrected chi connectivity index (χ2v) is 27.3. The molecule has 5 heterocycles. The number of rotatable bonds is 31. The minimum atomic E-state index is -5.02. The Morgan fingerprint density at radius 1 is 0.578 bits per heavy atom. The Balaban J connectivity index is 0.756. The second-order valence-electron chi connectivity index (χ2n) is 26.2. The van der Waals surface area contributed by atoms with Gasteiger partial charge in [0.15, 0.2) is 40.3 Å². The number of ketones is 1. The van der Waals surface area contributed by atoms with Crippen molar-refractivity contribution in [1.82, 2.24) is 9.80 Å². The number of aliphatic hydroxyl groups excluding tert-OH is 4. The van der Waals surface area contributed by atoms with E-state index in [1.54, 1.807) is 36.4 Å². The number of aliphatic imine (C=N–C) groups is 2. The Labute approximate surface area is 591 Å². The van der Waals surface area contributed by atoms with E-state index in [0.717, 1.165) is 39.4 Å². The van der Waals surface area contributed by atoms with Crippen LogP contribution in [0, 0.1) is 0 Å². The van der Waals surface area contributed by atoms with Crippen molar-refractivity contribution < 1.29 is 98.7 Å². The summed E-state index contributed by atoms with van der Waals surface area (Å²) in [6, 6.07) is 38.7. The Hall–Kier alpha value is -9.32. The fourth-order valence-electron chi connectivity index (χ4n) is 13.2. The molecule has 26 heteroatoms. The Morgan fingerprint density at radius 2 is 1.11 bits per heavy atom. The van der Waals surface area contributed by atoms with E-state index in [4.69, 9.17) is 61.0 Å². The quantitative estimate of drug-likeness (QED) is 0.0181. The predicted octanol–water partition coefficient (Wildman–Crippen LogP) is 8.12. The van der Waals surface area contributed by atoms with Crippen molar-refractivity contribution >= 4 is 51.8 Å². The number of methoxy groups -OCH3 is 2. The maximum absolute atomic E-state index is 14.3. The lowest BCUT2D eigenvalue weighted by Gasteiger charge is -2.39.